The van der Waals surface area contributed by atoms with Crippen LogP contribution in [0.3, 0.4) is 0 Å². The lowest BCUT2D eigenvalue weighted by Gasteiger charge is -2.06. The van der Waals surface area contributed by atoms with E-state index in [1.807, 2.05) is 0 Å². The minimum absolute atomic E-state index is 0.365. The Bertz CT molecular complexity index is 221. The van der Waals surface area contributed by atoms with Gasteiger partial charge in [-0.1, -0.05) is 0 Å². The van der Waals surface area contributed by atoms with Crippen molar-refractivity contribution in [3.63, 3.8) is 0 Å². The first-order valence-corrected chi connectivity index (χ1v) is 3.09. The van der Waals surface area contributed by atoms with Gasteiger partial charge in [0, 0.05) is 0 Å². The van der Waals surface area contributed by atoms with Crippen LogP contribution in [0.1, 0.15) is 0 Å². The van der Waals surface area contributed by atoms with Crippen molar-refractivity contribution in [2.24, 2.45) is 0 Å². The highest BCUT2D eigenvalue weighted by Crippen LogP contribution is 2.29. The zero-order valence-corrected chi connectivity index (χ0v) is 5.77. The highest BCUT2D eigenvalue weighted by molar-refractivity contribution is 5.89. The summed E-state index contributed by atoms with van der Waals surface area (Å²) in [6.45, 7) is 0. The van der Waals surface area contributed by atoms with Crippen LogP contribution >= 0.6 is 0 Å². The summed E-state index contributed by atoms with van der Waals surface area (Å²) in [5, 5.41) is 0. The fourth-order valence-corrected chi connectivity index (χ4v) is 0.972. The summed E-state index contributed by atoms with van der Waals surface area (Å²) in [4.78, 5) is 20.1. The van der Waals surface area contributed by atoms with Gasteiger partial charge in [0.1, 0.15) is 0 Å². The molecule has 0 spiro atoms. The van der Waals surface area contributed by atoms with Crippen molar-refractivity contribution >= 4 is 5.97 Å². The average molecular weight is 158 g/mol. The molecule has 0 aromatic carbocycles. The first-order chi connectivity index (χ1) is 5.31. The van der Waals surface area contributed by atoms with Crippen LogP contribution < -0.4 is 0 Å². The third-order valence-corrected chi connectivity index (χ3v) is 1.49. The van der Waals surface area contributed by atoms with Crippen molar-refractivity contribution < 1.29 is 24.0 Å². The largest absolute Gasteiger partial charge is 0.466 e. The van der Waals surface area contributed by atoms with Gasteiger partial charge < -0.3 is 9.47 Å². The van der Waals surface area contributed by atoms with Gasteiger partial charge in [0.05, 0.1) is 12.7 Å². The molecule has 0 amide bonds. The quantitative estimate of drug-likeness (QED) is 0.388. The monoisotopic (exact) mass is 158 g/mol. The van der Waals surface area contributed by atoms with Crippen molar-refractivity contribution in [2.75, 3.05) is 7.11 Å². The number of methoxy groups -OCH3 is 1. The van der Waals surface area contributed by atoms with Crippen LogP contribution in [-0.2, 0) is 24.0 Å². The van der Waals surface area contributed by atoms with Crippen LogP contribution in [0.25, 0.3) is 0 Å². The lowest BCUT2D eigenvalue weighted by molar-refractivity contribution is -0.288. The second kappa shape index (κ2) is 2.30. The topological polar surface area (TPSA) is 54.0 Å². The number of ether oxygens (including phenoxy) is 2. The molecule has 0 aromatic heterocycles. The summed E-state index contributed by atoms with van der Waals surface area (Å²) >= 11 is 0. The highest BCUT2D eigenvalue weighted by atomic mass is 17.3. The fourth-order valence-electron chi connectivity index (χ4n) is 0.972. The van der Waals surface area contributed by atoms with E-state index in [4.69, 9.17) is 4.74 Å². The molecule has 0 radical (unpaired) electrons. The number of hydrogen-bond donors (Lipinski definition) is 0. The van der Waals surface area contributed by atoms with Gasteiger partial charge in [-0.3, -0.25) is 0 Å². The molecule has 2 bridgehead atoms. The van der Waals surface area contributed by atoms with Crippen LogP contribution in [0, 0.1) is 0 Å². The van der Waals surface area contributed by atoms with Crippen molar-refractivity contribution in [3.8, 4) is 0 Å². The second-order valence-electron chi connectivity index (χ2n) is 2.14. The molecule has 5 heteroatoms. The Hall–Kier alpha value is -0.910. The van der Waals surface area contributed by atoms with Crippen LogP contribution in [0.2, 0.25) is 0 Å². The molecule has 2 atom stereocenters. The molecular weight excluding hydrogens is 152 g/mol. The van der Waals surface area contributed by atoms with Crippen LogP contribution in [0.4, 0.5) is 0 Å². The zero-order chi connectivity index (χ0) is 7.84. The van der Waals surface area contributed by atoms with E-state index in [9.17, 15) is 4.79 Å². The van der Waals surface area contributed by atoms with Crippen LogP contribution in [-0.4, -0.2) is 25.7 Å². The summed E-state index contributed by atoms with van der Waals surface area (Å²) < 4.78 is 9.43. The molecule has 1 fully saturated rings. The van der Waals surface area contributed by atoms with Crippen molar-refractivity contribution in [2.45, 2.75) is 12.6 Å². The summed E-state index contributed by atoms with van der Waals surface area (Å²) in [5.41, 5.74) is 0.365. The second-order valence-corrected chi connectivity index (χ2v) is 2.14. The van der Waals surface area contributed by atoms with Gasteiger partial charge in [-0.05, 0) is 6.08 Å². The van der Waals surface area contributed by atoms with Crippen LogP contribution in [0.5, 0.6) is 0 Å². The van der Waals surface area contributed by atoms with E-state index in [1.54, 1.807) is 0 Å². The minimum Gasteiger partial charge on any atom is -0.466 e. The summed E-state index contributed by atoms with van der Waals surface area (Å²) in [6, 6.07) is 0. The van der Waals surface area contributed by atoms with Crippen LogP contribution in [0.15, 0.2) is 11.6 Å². The van der Waals surface area contributed by atoms with E-state index < -0.39 is 18.5 Å². The molecular formula is C6H6O5. The molecule has 60 valence electrons. The standard InChI is InChI=1S/C6H6O5/c1-8-5(7)3-2-4-9-6(3)11-10-4/h2,4,6H,1H3. The molecule has 5 nitrogen and oxygen atoms in total. The summed E-state index contributed by atoms with van der Waals surface area (Å²) in [7, 11) is 1.30. The number of carbonyl (C=O) groups is 1. The van der Waals surface area contributed by atoms with Crippen molar-refractivity contribution in [1.82, 2.24) is 0 Å². The van der Waals surface area contributed by atoms with E-state index in [0.29, 0.717) is 5.57 Å². The van der Waals surface area contributed by atoms with E-state index in [1.165, 1.54) is 13.2 Å². The Morgan fingerprint density at radius 3 is 2.91 bits per heavy atom. The minimum atomic E-state index is -0.701. The smallest absolute Gasteiger partial charge is 0.338 e. The number of rotatable bonds is 1. The molecule has 2 aliphatic rings. The zero-order valence-electron chi connectivity index (χ0n) is 5.77. The SMILES string of the molecule is COC(=O)C1=CC2OOC1O2. The Balaban J connectivity index is 2.16. The molecule has 2 rings (SSSR count). The molecule has 0 saturated carbocycles. The third-order valence-electron chi connectivity index (χ3n) is 1.49. The molecule has 1 saturated heterocycles. The molecule has 0 N–H and O–H groups in total. The first kappa shape index (κ1) is 6.78. The number of esters is 1. The Kier molecular flexibility index (Phi) is 1.42. The van der Waals surface area contributed by atoms with Gasteiger partial charge in [-0.25, -0.2) is 4.79 Å². The molecule has 0 aromatic rings. The maximum Gasteiger partial charge on any atom is 0.338 e. The molecule has 0 aliphatic carbocycles. The Morgan fingerprint density at radius 2 is 2.45 bits per heavy atom. The molecule has 2 aliphatic heterocycles. The number of carbonyl (C=O) groups excluding carboxylic acids is 1. The molecule has 11 heavy (non-hydrogen) atoms. The van der Waals surface area contributed by atoms with Gasteiger partial charge in [0.2, 0.25) is 12.6 Å². The van der Waals surface area contributed by atoms with Crippen molar-refractivity contribution in [1.29, 1.82) is 0 Å². The van der Waals surface area contributed by atoms with Gasteiger partial charge in [0.25, 0.3) is 0 Å². The maximum atomic E-state index is 10.9. The fraction of sp³-hybridized carbons (Fsp3) is 0.500. The predicted octanol–water partition coefficient (Wildman–Crippen LogP) is -0.270. The molecule has 2 unspecified atom stereocenters. The van der Waals surface area contributed by atoms with E-state index >= 15 is 0 Å². The van der Waals surface area contributed by atoms with Gasteiger partial charge in [-0.15, -0.1) is 0 Å². The number of hydrogen-bond acceptors (Lipinski definition) is 5. The Labute approximate surface area is 62.4 Å². The lowest BCUT2D eigenvalue weighted by Crippen LogP contribution is -2.18. The number of fused-ring (bicyclic) bond motifs is 2. The summed E-state index contributed by atoms with van der Waals surface area (Å²) in [5.74, 6) is -0.444. The predicted molar refractivity (Wildman–Crippen MR) is 30.9 cm³/mol. The third kappa shape index (κ3) is 0.936. The maximum absolute atomic E-state index is 10.9. The first-order valence-electron chi connectivity index (χ1n) is 3.09. The van der Waals surface area contributed by atoms with Crippen molar-refractivity contribution in [3.05, 3.63) is 11.6 Å². The molecule has 2 heterocycles. The van der Waals surface area contributed by atoms with E-state index in [-0.39, 0.29) is 0 Å². The Morgan fingerprint density at radius 1 is 1.64 bits per heavy atom. The van der Waals surface area contributed by atoms with Gasteiger partial charge in [0.15, 0.2) is 0 Å². The van der Waals surface area contributed by atoms with E-state index in [0.717, 1.165) is 0 Å². The average Bonchev–Trinajstić information content (AvgIpc) is 2.62. The lowest BCUT2D eigenvalue weighted by atomic mass is 10.2. The summed E-state index contributed by atoms with van der Waals surface area (Å²) in [6.07, 6.45) is 0.279. The van der Waals surface area contributed by atoms with Gasteiger partial charge in [-0.2, -0.15) is 9.78 Å². The highest BCUT2D eigenvalue weighted by Gasteiger charge is 2.40. The normalized spacial score (nSPS) is 33.7. The van der Waals surface area contributed by atoms with E-state index in [2.05, 4.69) is 14.5 Å². The van der Waals surface area contributed by atoms with Gasteiger partial charge >= 0.3 is 5.97 Å².